The summed E-state index contributed by atoms with van der Waals surface area (Å²) >= 11 is 1.66. The van der Waals surface area contributed by atoms with Crippen molar-refractivity contribution >= 4 is 27.5 Å². The van der Waals surface area contributed by atoms with Crippen molar-refractivity contribution in [1.29, 1.82) is 0 Å². The largest absolute Gasteiger partial charge is 0.356 e. The summed E-state index contributed by atoms with van der Waals surface area (Å²) in [5.41, 5.74) is 1.23. The molecule has 1 fully saturated rings. The molecule has 2 aliphatic rings. The van der Waals surface area contributed by atoms with Gasteiger partial charge >= 0.3 is 0 Å². The lowest BCUT2D eigenvalue weighted by molar-refractivity contribution is -0.121. The second-order valence-corrected chi connectivity index (χ2v) is 7.72. The lowest BCUT2D eigenvalue weighted by atomic mass is 9.97. The highest BCUT2D eigenvalue weighted by Crippen LogP contribution is 2.33. The van der Waals surface area contributed by atoms with Crippen LogP contribution >= 0.6 is 11.3 Å². The summed E-state index contributed by atoms with van der Waals surface area (Å²) in [5.74, 6) is 0.702. The molecule has 122 valence electrons. The van der Waals surface area contributed by atoms with Crippen LogP contribution in [0.3, 0.4) is 0 Å². The van der Waals surface area contributed by atoms with Gasteiger partial charge in [0.15, 0.2) is 0 Å². The number of aromatic nitrogens is 2. The van der Waals surface area contributed by atoms with Gasteiger partial charge in [-0.05, 0) is 50.0 Å². The molecule has 1 N–H and O–H groups in total. The lowest BCUT2D eigenvalue weighted by Crippen LogP contribution is -2.29. The molecule has 1 saturated carbocycles. The van der Waals surface area contributed by atoms with Gasteiger partial charge in [-0.15, -0.1) is 11.3 Å². The zero-order valence-corrected chi connectivity index (χ0v) is 14.0. The van der Waals surface area contributed by atoms with E-state index in [1.165, 1.54) is 29.7 Å². The monoisotopic (exact) mass is 331 g/mol. The van der Waals surface area contributed by atoms with Crippen LogP contribution in [0.25, 0.3) is 10.2 Å². The summed E-state index contributed by atoms with van der Waals surface area (Å²) in [7, 11) is 0. The molecule has 0 aliphatic heterocycles. The number of carbonyl (C=O) groups excluding carboxylic acids is 1. The van der Waals surface area contributed by atoms with Crippen molar-refractivity contribution in [3.63, 3.8) is 0 Å². The second-order valence-electron chi connectivity index (χ2n) is 6.63. The molecular weight excluding hydrogens is 310 g/mol. The van der Waals surface area contributed by atoms with Gasteiger partial charge in [0.1, 0.15) is 4.83 Å². The van der Waals surface area contributed by atoms with E-state index >= 15 is 0 Å². The highest BCUT2D eigenvalue weighted by Gasteiger charge is 2.22. The average molecular weight is 331 g/mol. The topological polar surface area (TPSA) is 64.0 Å². The fourth-order valence-electron chi connectivity index (χ4n) is 3.23. The van der Waals surface area contributed by atoms with Gasteiger partial charge < -0.3 is 5.32 Å². The molecule has 0 spiro atoms. The van der Waals surface area contributed by atoms with Crippen molar-refractivity contribution < 1.29 is 4.79 Å². The molecule has 2 aliphatic carbocycles. The Morgan fingerprint density at radius 3 is 3.00 bits per heavy atom. The van der Waals surface area contributed by atoms with Gasteiger partial charge in [0, 0.05) is 24.4 Å². The number of hydrogen-bond acceptors (Lipinski definition) is 4. The van der Waals surface area contributed by atoms with Crippen LogP contribution in [0, 0.1) is 5.92 Å². The fourth-order valence-corrected chi connectivity index (χ4v) is 4.45. The average Bonchev–Trinajstić information content (AvgIpc) is 3.31. The van der Waals surface area contributed by atoms with Gasteiger partial charge in [-0.3, -0.25) is 14.2 Å². The zero-order valence-electron chi connectivity index (χ0n) is 13.1. The molecule has 2 heterocycles. The van der Waals surface area contributed by atoms with Crippen LogP contribution in [0.4, 0.5) is 0 Å². The van der Waals surface area contributed by atoms with Crippen LogP contribution in [0.5, 0.6) is 0 Å². The Labute approximate surface area is 138 Å². The molecular formula is C17H21N3O2S. The molecule has 0 saturated heterocycles. The van der Waals surface area contributed by atoms with E-state index in [9.17, 15) is 9.59 Å². The van der Waals surface area contributed by atoms with E-state index in [0.717, 1.165) is 36.0 Å². The molecule has 6 heteroatoms. The van der Waals surface area contributed by atoms with E-state index < -0.39 is 0 Å². The molecule has 2 aromatic rings. The van der Waals surface area contributed by atoms with Crippen LogP contribution < -0.4 is 10.9 Å². The molecule has 1 amide bonds. The molecule has 5 nitrogen and oxygen atoms in total. The Balaban J connectivity index is 1.52. The van der Waals surface area contributed by atoms with Crippen molar-refractivity contribution in [2.45, 2.75) is 51.5 Å². The number of hydrogen-bond donors (Lipinski definition) is 1. The van der Waals surface area contributed by atoms with Crippen LogP contribution in [-0.2, 0) is 24.2 Å². The number of fused-ring (bicyclic) bond motifs is 3. The van der Waals surface area contributed by atoms with Gasteiger partial charge in [-0.2, -0.15) is 0 Å². The maximum atomic E-state index is 12.7. The summed E-state index contributed by atoms with van der Waals surface area (Å²) in [6.45, 7) is 1.19. The van der Waals surface area contributed by atoms with Crippen LogP contribution in [-0.4, -0.2) is 22.0 Å². The van der Waals surface area contributed by atoms with Crippen molar-refractivity contribution in [3.8, 4) is 0 Å². The highest BCUT2D eigenvalue weighted by molar-refractivity contribution is 7.18. The van der Waals surface area contributed by atoms with Crippen LogP contribution in [0.1, 0.15) is 42.5 Å². The maximum absolute atomic E-state index is 12.7. The molecule has 0 radical (unpaired) electrons. The molecule has 2 aromatic heterocycles. The smallest absolute Gasteiger partial charge is 0.262 e. The fraction of sp³-hybridized carbons (Fsp3) is 0.588. The van der Waals surface area contributed by atoms with Gasteiger partial charge in [0.2, 0.25) is 5.91 Å². The molecule has 0 unspecified atom stereocenters. The zero-order chi connectivity index (χ0) is 15.8. The third-order valence-electron chi connectivity index (χ3n) is 4.81. The van der Waals surface area contributed by atoms with Gasteiger partial charge in [-0.1, -0.05) is 0 Å². The van der Waals surface area contributed by atoms with Crippen molar-refractivity contribution in [2.75, 3.05) is 6.54 Å². The summed E-state index contributed by atoms with van der Waals surface area (Å²) < 4.78 is 1.60. The minimum atomic E-state index is 0.0180. The molecule has 0 atom stereocenters. The molecule has 0 aromatic carbocycles. The number of thiophene rings is 1. The molecule has 23 heavy (non-hydrogen) atoms. The van der Waals surface area contributed by atoms with E-state index in [1.807, 2.05) is 0 Å². The quantitative estimate of drug-likeness (QED) is 0.914. The number of nitrogens with zero attached hydrogens (tertiary/aromatic N) is 2. The lowest BCUT2D eigenvalue weighted by Gasteiger charge is -2.10. The second kappa shape index (κ2) is 6.07. The van der Waals surface area contributed by atoms with Crippen LogP contribution in [0.2, 0.25) is 0 Å². The first-order valence-corrected chi connectivity index (χ1v) is 9.30. The van der Waals surface area contributed by atoms with Crippen molar-refractivity contribution in [1.82, 2.24) is 14.9 Å². The highest BCUT2D eigenvalue weighted by atomic mass is 32.1. The third-order valence-corrected chi connectivity index (χ3v) is 6.01. The van der Waals surface area contributed by atoms with Crippen molar-refractivity contribution in [2.24, 2.45) is 5.92 Å². The van der Waals surface area contributed by atoms with E-state index in [4.69, 9.17) is 0 Å². The Morgan fingerprint density at radius 1 is 1.35 bits per heavy atom. The van der Waals surface area contributed by atoms with Crippen molar-refractivity contribution in [3.05, 3.63) is 27.1 Å². The number of nitrogens with one attached hydrogen (secondary N) is 1. The van der Waals surface area contributed by atoms with Gasteiger partial charge in [-0.25, -0.2) is 4.98 Å². The van der Waals surface area contributed by atoms with E-state index in [2.05, 4.69) is 10.3 Å². The maximum Gasteiger partial charge on any atom is 0.262 e. The van der Waals surface area contributed by atoms with E-state index in [1.54, 1.807) is 22.2 Å². The van der Waals surface area contributed by atoms with Crippen LogP contribution in [0.15, 0.2) is 11.1 Å². The summed E-state index contributed by atoms with van der Waals surface area (Å²) in [4.78, 5) is 31.3. The first-order valence-electron chi connectivity index (χ1n) is 8.49. The normalized spacial score (nSPS) is 17.2. The molecule has 4 rings (SSSR count). The minimum absolute atomic E-state index is 0.0180. The summed E-state index contributed by atoms with van der Waals surface area (Å²) in [6.07, 6.45) is 8.80. The van der Waals surface area contributed by atoms with E-state index in [-0.39, 0.29) is 11.5 Å². The predicted molar refractivity (Wildman–Crippen MR) is 90.9 cm³/mol. The van der Waals surface area contributed by atoms with E-state index in [0.29, 0.717) is 18.9 Å². The number of amides is 1. The number of aryl methyl sites for hydroxylation is 3. The Morgan fingerprint density at radius 2 is 2.17 bits per heavy atom. The van der Waals surface area contributed by atoms with Gasteiger partial charge in [0.25, 0.3) is 5.56 Å². The Bertz CT molecular complexity index is 804. The van der Waals surface area contributed by atoms with Gasteiger partial charge in [0.05, 0.1) is 11.7 Å². The first-order chi connectivity index (χ1) is 11.2. The Kier molecular flexibility index (Phi) is 3.93. The number of carbonyl (C=O) groups is 1. The third kappa shape index (κ3) is 3.04. The summed E-state index contributed by atoms with van der Waals surface area (Å²) in [6, 6.07) is 0. The standard InChI is InChI=1S/C17H21N3O2S/c21-14(18-9-11-5-6-11)7-8-20-10-19-16-15(17(20)22)12-3-1-2-4-13(12)23-16/h10-11H,1-9H2,(H,18,21). The Hall–Kier alpha value is -1.69. The summed E-state index contributed by atoms with van der Waals surface area (Å²) in [5, 5.41) is 3.74. The number of rotatable bonds is 5. The molecule has 0 bridgehead atoms. The SMILES string of the molecule is O=C(CCn1cnc2sc3c(c2c1=O)CCCC3)NCC1CC1. The minimum Gasteiger partial charge on any atom is -0.356 e. The predicted octanol–water partition coefficient (Wildman–Crippen LogP) is 2.25. The first kappa shape index (κ1) is 14.9.